The van der Waals surface area contributed by atoms with E-state index in [1.807, 2.05) is 0 Å². The lowest BCUT2D eigenvalue weighted by atomic mass is 9.42. The molecule has 4 saturated carbocycles. The molecule has 168 valence electrons. The van der Waals surface area contributed by atoms with Gasteiger partial charge in [0.25, 0.3) is 0 Å². The number of nitrogens with zero attached hydrogens (tertiary/aromatic N) is 1. The number of rotatable bonds is 3. The molecule has 5 rings (SSSR count). The first-order valence-corrected chi connectivity index (χ1v) is 12.5. The minimum absolute atomic E-state index is 0.0305. The van der Waals surface area contributed by atoms with Crippen molar-refractivity contribution in [3.8, 4) is 0 Å². The van der Waals surface area contributed by atoms with E-state index in [1.165, 1.54) is 32.1 Å². The zero-order valence-electron chi connectivity index (χ0n) is 20.3. The number of fused-ring (bicyclic) bond motifs is 2. The molecule has 8 atom stereocenters. The molecule has 0 amide bonds. The molecule has 0 aliphatic heterocycles. The van der Waals surface area contributed by atoms with Gasteiger partial charge in [-0.05, 0) is 98.5 Å². The first-order chi connectivity index (χ1) is 13.9. The van der Waals surface area contributed by atoms with Gasteiger partial charge in [0.2, 0.25) is 0 Å². The fourth-order valence-corrected chi connectivity index (χ4v) is 11.0. The van der Waals surface area contributed by atoms with Gasteiger partial charge in [0.1, 0.15) is 6.61 Å². The molecule has 3 nitrogen and oxygen atoms in total. The molecule has 0 bridgehead atoms. The monoisotopic (exact) mass is 413 g/mol. The maximum absolute atomic E-state index is 12.6. The van der Waals surface area contributed by atoms with Gasteiger partial charge in [-0.15, -0.1) is 0 Å². The predicted octanol–water partition coefficient (Wildman–Crippen LogP) is 5.08. The number of aliphatic hydroxyl groups is 1. The largest absolute Gasteiger partial charge is 0.388 e. The van der Waals surface area contributed by atoms with Crippen LogP contribution in [0.25, 0.3) is 0 Å². The Kier molecular flexibility index (Phi) is 4.25. The maximum atomic E-state index is 12.6. The summed E-state index contributed by atoms with van der Waals surface area (Å²) in [6.45, 7) is 12.2. The average Bonchev–Trinajstić information content (AvgIpc) is 3.07. The lowest BCUT2D eigenvalue weighted by molar-refractivity contribution is -0.140. The van der Waals surface area contributed by atoms with Crippen LogP contribution in [0.2, 0.25) is 0 Å². The summed E-state index contributed by atoms with van der Waals surface area (Å²) < 4.78 is 0. The number of Topliss-reactive ketones (excluding diaryl/α,β-unsaturated/α-hetero) is 1. The molecule has 4 fully saturated rings. The van der Waals surface area contributed by atoms with Crippen LogP contribution in [-0.2, 0) is 4.79 Å². The summed E-state index contributed by atoms with van der Waals surface area (Å²) in [5.41, 5.74) is 2.40. The molecule has 0 aromatic heterocycles. The fourth-order valence-electron chi connectivity index (χ4n) is 11.0. The Labute approximate surface area is 183 Å². The summed E-state index contributed by atoms with van der Waals surface area (Å²) in [5, 5.41) is 9.60. The third kappa shape index (κ3) is 2.00. The van der Waals surface area contributed by atoms with Crippen molar-refractivity contribution in [3.63, 3.8) is 0 Å². The summed E-state index contributed by atoms with van der Waals surface area (Å²) >= 11 is 0. The van der Waals surface area contributed by atoms with Crippen molar-refractivity contribution >= 4 is 5.78 Å². The second kappa shape index (κ2) is 6.01. The zero-order valence-corrected chi connectivity index (χ0v) is 20.3. The lowest BCUT2D eigenvalue weighted by Crippen LogP contribution is -2.59. The standard InChI is InChI=1S/C27H43NO2/c1-17-26-13-11-22(28(6)7)23(2,3)20(26)8-9-21-25(5)12-10-18(19(30)16-29)24(25,4)14-15-27(17,21)26/h10,17,20-22,29H,8-9,11-16H2,1-7H3/t17-,20+,21+,22+,24-,25+,26?,27+/m1/s1. The summed E-state index contributed by atoms with van der Waals surface area (Å²) in [6, 6.07) is 0.681. The second-order valence-electron chi connectivity index (χ2n) is 13.0. The van der Waals surface area contributed by atoms with Crippen LogP contribution < -0.4 is 0 Å². The van der Waals surface area contributed by atoms with Gasteiger partial charge < -0.3 is 10.0 Å². The summed E-state index contributed by atoms with van der Waals surface area (Å²) in [5.74, 6) is 2.31. The molecule has 0 heterocycles. The van der Waals surface area contributed by atoms with Crippen LogP contribution in [0.5, 0.6) is 0 Å². The smallest absolute Gasteiger partial charge is 0.184 e. The van der Waals surface area contributed by atoms with Crippen molar-refractivity contribution in [1.82, 2.24) is 4.90 Å². The minimum atomic E-state index is -0.337. The van der Waals surface area contributed by atoms with Crippen LogP contribution >= 0.6 is 0 Å². The molecule has 0 radical (unpaired) electrons. The highest BCUT2D eigenvalue weighted by atomic mass is 16.3. The predicted molar refractivity (Wildman–Crippen MR) is 121 cm³/mol. The SMILES string of the molecule is C[C@@H]1C23CC[C@H](N(C)C)C(C)(C)[C@@H]2CC[C@@H]2[C@]13CC[C@]1(C)C(C(=O)CO)=CC[C@@]21C. The molecule has 0 aromatic rings. The number of hydrogen-bond acceptors (Lipinski definition) is 3. The second-order valence-corrected chi connectivity index (χ2v) is 13.0. The van der Waals surface area contributed by atoms with Gasteiger partial charge in [0, 0.05) is 17.0 Å². The molecular weight excluding hydrogens is 370 g/mol. The Hall–Kier alpha value is -0.670. The van der Waals surface area contributed by atoms with E-state index in [1.54, 1.807) is 0 Å². The maximum Gasteiger partial charge on any atom is 0.184 e. The van der Waals surface area contributed by atoms with Crippen LogP contribution in [-0.4, -0.2) is 42.5 Å². The van der Waals surface area contributed by atoms with Crippen molar-refractivity contribution in [2.75, 3.05) is 20.7 Å². The van der Waals surface area contributed by atoms with Crippen LogP contribution in [0.15, 0.2) is 11.6 Å². The highest BCUT2D eigenvalue weighted by Crippen LogP contribution is 2.91. The first-order valence-electron chi connectivity index (χ1n) is 12.5. The molecule has 0 aromatic carbocycles. The Balaban J connectivity index is 1.54. The van der Waals surface area contributed by atoms with Gasteiger partial charge in [-0.1, -0.05) is 40.7 Å². The molecule has 1 unspecified atom stereocenters. The highest BCUT2D eigenvalue weighted by Gasteiger charge is 2.85. The van der Waals surface area contributed by atoms with Crippen LogP contribution in [0.3, 0.4) is 0 Å². The quantitative estimate of drug-likeness (QED) is 0.701. The molecule has 2 spiro atoms. The summed E-state index contributed by atoms with van der Waals surface area (Å²) in [6.07, 6.45) is 11.0. The third-order valence-corrected chi connectivity index (χ3v) is 12.4. The molecule has 30 heavy (non-hydrogen) atoms. The zero-order chi connectivity index (χ0) is 21.9. The van der Waals surface area contributed by atoms with Crippen molar-refractivity contribution < 1.29 is 9.90 Å². The first kappa shape index (κ1) is 21.2. The van der Waals surface area contributed by atoms with Crippen molar-refractivity contribution in [2.45, 2.75) is 85.6 Å². The van der Waals surface area contributed by atoms with Crippen LogP contribution in [0.4, 0.5) is 0 Å². The van der Waals surface area contributed by atoms with E-state index in [0.717, 1.165) is 30.3 Å². The average molecular weight is 414 g/mol. The van der Waals surface area contributed by atoms with Gasteiger partial charge in [-0.3, -0.25) is 4.79 Å². The number of carbonyl (C=O) groups is 1. The van der Waals surface area contributed by atoms with Crippen LogP contribution in [0.1, 0.15) is 79.6 Å². The molecule has 5 aliphatic carbocycles. The van der Waals surface area contributed by atoms with E-state index in [9.17, 15) is 9.90 Å². The van der Waals surface area contributed by atoms with E-state index in [2.05, 4.69) is 59.7 Å². The Morgan fingerprint density at radius 3 is 2.30 bits per heavy atom. The van der Waals surface area contributed by atoms with E-state index in [0.29, 0.717) is 28.2 Å². The molecule has 1 N–H and O–H groups in total. The van der Waals surface area contributed by atoms with Crippen LogP contribution in [0, 0.1) is 44.8 Å². The Morgan fingerprint density at radius 1 is 1.03 bits per heavy atom. The van der Waals surface area contributed by atoms with E-state index in [-0.39, 0.29) is 23.2 Å². The Bertz CT molecular complexity index is 814. The minimum Gasteiger partial charge on any atom is -0.388 e. The normalized spacial score (nSPS) is 53.3. The van der Waals surface area contributed by atoms with Crippen molar-refractivity contribution in [3.05, 3.63) is 11.6 Å². The van der Waals surface area contributed by atoms with E-state index >= 15 is 0 Å². The van der Waals surface area contributed by atoms with Gasteiger partial charge >= 0.3 is 0 Å². The number of aliphatic hydroxyl groups excluding tert-OH is 1. The van der Waals surface area contributed by atoms with Gasteiger partial charge in [0.05, 0.1) is 0 Å². The summed E-state index contributed by atoms with van der Waals surface area (Å²) in [7, 11) is 4.55. The Morgan fingerprint density at radius 2 is 1.67 bits per heavy atom. The van der Waals surface area contributed by atoms with Gasteiger partial charge in [-0.2, -0.15) is 0 Å². The number of carbonyl (C=O) groups excluding carboxylic acids is 1. The molecule has 0 saturated heterocycles. The number of allylic oxidation sites excluding steroid dienone is 1. The third-order valence-electron chi connectivity index (χ3n) is 12.4. The summed E-state index contributed by atoms with van der Waals surface area (Å²) in [4.78, 5) is 15.1. The van der Waals surface area contributed by atoms with E-state index in [4.69, 9.17) is 0 Å². The van der Waals surface area contributed by atoms with Gasteiger partial charge in [0.15, 0.2) is 5.78 Å². The molecular formula is C27H43NO2. The number of hydrogen-bond donors (Lipinski definition) is 1. The highest BCUT2D eigenvalue weighted by molar-refractivity contribution is 5.98. The number of ketones is 1. The molecule has 3 heteroatoms. The van der Waals surface area contributed by atoms with Gasteiger partial charge in [-0.25, -0.2) is 0 Å². The fraction of sp³-hybridized carbons (Fsp3) is 0.889. The topological polar surface area (TPSA) is 40.5 Å². The molecule has 5 aliphatic rings. The lowest BCUT2D eigenvalue weighted by Gasteiger charge is -2.63. The van der Waals surface area contributed by atoms with E-state index < -0.39 is 0 Å². The van der Waals surface area contributed by atoms with Crippen molar-refractivity contribution in [1.29, 1.82) is 0 Å². The van der Waals surface area contributed by atoms with Crippen molar-refractivity contribution in [2.24, 2.45) is 44.8 Å².